The van der Waals surface area contributed by atoms with E-state index in [1.54, 1.807) is 6.07 Å². The van der Waals surface area contributed by atoms with E-state index in [1.807, 2.05) is 28.8 Å². The van der Waals surface area contributed by atoms with Crippen molar-refractivity contribution >= 4 is 23.2 Å². The summed E-state index contributed by atoms with van der Waals surface area (Å²) in [6, 6.07) is 9.84. The molecular weight excluding hydrogens is 367 g/mol. The summed E-state index contributed by atoms with van der Waals surface area (Å²) in [7, 11) is 0. The first-order valence-corrected chi connectivity index (χ1v) is 10.1. The van der Waals surface area contributed by atoms with Crippen LogP contribution in [0.15, 0.2) is 35.1 Å². The van der Waals surface area contributed by atoms with E-state index in [0.717, 1.165) is 38.8 Å². The van der Waals surface area contributed by atoms with Crippen LogP contribution in [0, 0.1) is 5.92 Å². The molecule has 3 rings (SSSR count). The Kier molecular flexibility index (Phi) is 6.44. The maximum absolute atomic E-state index is 12.3. The third-order valence-electron chi connectivity index (χ3n) is 4.95. The predicted molar refractivity (Wildman–Crippen MR) is 109 cm³/mol. The van der Waals surface area contributed by atoms with Gasteiger partial charge in [0.15, 0.2) is 0 Å². The number of nitrogens with zero attached hydrogens (tertiary/aromatic N) is 1. The molecule has 140 valence electrons. The number of hydrogen-bond acceptors (Lipinski definition) is 2. The maximum atomic E-state index is 12.3. The molecule has 3 nitrogen and oxygen atoms in total. The van der Waals surface area contributed by atoms with Gasteiger partial charge in [-0.2, -0.15) is 0 Å². The first-order valence-electron chi connectivity index (χ1n) is 9.35. The molecule has 0 spiro atoms. The maximum Gasteiger partial charge on any atom is 0.250 e. The molecule has 26 heavy (non-hydrogen) atoms. The molecule has 0 bridgehead atoms. The molecule has 2 aromatic rings. The summed E-state index contributed by atoms with van der Waals surface area (Å²) in [5, 5.41) is 4.86. The van der Waals surface area contributed by atoms with Crippen molar-refractivity contribution in [3.05, 3.63) is 67.6 Å². The fourth-order valence-electron chi connectivity index (χ4n) is 3.72. The van der Waals surface area contributed by atoms with Crippen molar-refractivity contribution in [1.29, 1.82) is 0 Å². The molecular formula is C21H26Cl2N2O. The lowest BCUT2D eigenvalue weighted by Crippen LogP contribution is -2.33. The zero-order valence-corrected chi connectivity index (χ0v) is 16.9. The molecule has 0 fully saturated rings. The lowest BCUT2D eigenvalue weighted by atomic mass is 9.90. The van der Waals surface area contributed by atoms with E-state index in [1.165, 1.54) is 16.8 Å². The van der Waals surface area contributed by atoms with Crippen molar-refractivity contribution < 1.29 is 0 Å². The number of fused-ring (bicyclic) bond motifs is 1. The molecule has 1 aliphatic carbocycles. The van der Waals surface area contributed by atoms with Gasteiger partial charge >= 0.3 is 0 Å². The van der Waals surface area contributed by atoms with Crippen LogP contribution in [-0.2, 0) is 19.4 Å². The predicted octanol–water partition coefficient (Wildman–Crippen LogP) is 5.02. The Hall–Kier alpha value is -1.29. The number of aromatic nitrogens is 1. The molecule has 0 saturated carbocycles. The molecule has 1 N–H and O–H groups in total. The molecule has 0 saturated heterocycles. The van der Waals surface area contributed by atoms with Gasteiger partial charge in [-0.25, -0.2) is 0 Å². The SMILES string of the molecule is CC(C)Cn1c2c(ccc1=O)C(NCCc1ccc(Cl)c(Cl)c1)CCC2. The van der Waals surface area contributed by atoms with Crippen LogP contribution in [0.1, 0.15) is 49.6 Å². The molecule has 5 heteroatoms. The summed E-state index contributed by atoms with van der Waals surface area (Å²) in [5.41, 5.74) is 3.79. The van der Waals surface area contributed by atoms with E-state index >= 15 is 0 Å². The highest BCUT2D eigenvalue weighted by molar-refractivity contribution is 6.42. The Morgan fingerprint density at radius 3 is 2.73 bits per heavy atom. The minimum absolute atomic E-state index is 0.119. The van der Waals surface area contributed by atoms with Gasteiger partial charge in [-0.3, -0.25) is 4.79 Å². The summed E-state index contributed by atoms with van der Waals surface area (Å²) >= 11 is 12.1. The van der Waals surface area contributed by atoms with Crippen molar-refractivity contribution in [1.82, 2.24) is 9.88 Å². The van der Waals surface area contributed by atoms with Gasteiger partial charge in [0.2, 0.25) is 0 Å². The van der Waals surface area contributed by atoms with Gasteiger partial charge in [-0.15, -0.1) is 0 Å². The van der Waals surface area contributed by atoms with Gasteiger partial charge in [0.1, 0.15) is 0 Å². The highest BCUT2D eigenvalue weighted by Gasteiger charge is 2.23. The molecule has 1 unspecified atom stereocenters. The lowest BCUT2D eigenvalue weighted by molar-refractivity contribution is 0.425. The van der Waals surface area contributed by atoms with Crippen LogP contribution in [-0.4, -0.2) is 11.1 Å². The number of nitrogens with one attached hydrogen (secondary N) is 1. The highest BCUT2D eigenvalue weighted by atomic mass is 35.5. The van der Waals surface area contributed by atoms with Crippen LogP contribution in [0.2, 0.25) is 10.0 Å². The minimum atomic E-state index is 0.119. The number of halogens is 2. The first-order chi connectivity index (χ1) is 12.5. The van der Waals surface area contributed by atoms with Gasteiger partial charge in [0.25, 0.3) is 5.56 Å². The fraction of sp³-hybridized carbons (Fsp3) is 0.476. The van der Waals surface area contributed by atoms with Gasteiger partial charge < -0.3 is 9.88 Å². The van der Waals surface area contributed by atoms with Crippen molar-refractivity contribution in [2.75, 3.05) is 6.54 Å². The van der Waals surface area contributed by atoms with Crippen LogP contribution < -0.4 is 10.9 Å². The molecule has 0 aliphatic heterocycles. The Morgan fingerprint density at radius 1 is 1.19 bits per heavy atom. The first kappa shape index (κ1) is 19.5. The number of hydrogen-bond donors (Lipinski definition) is 1. The van der Waals surface area contributed by atoms with E-state index in [-0.39, 0.29) is 5.56 Å². The standard InChI is InChI=1S/C21H26Cl2N2O/c1-14(2)13-25-20-5-3-4-19(16(20)7-9-21(25)26)24-11-10-15-6-8-17(22)18(23)12-15/h6-9,12,14,19,24H,3-5,10-11,13H2,1-2H3. The van der Waals surface area contributed by atoms with Gasteiger partial charge in [0.05, 0.1) is 10.0 Å². The van der Waals surface area contributed by atoms with Crippen LogP contribution in [0.5, 0.6) is 0 Å². The van der Waals surface area contributed by atoms with Gasteiger partial charge in [-0.05, 0) is 61.4 Å². The van der Waals surface area contributed by atoms with Crippen molar-refractivity contribution in [2.24, 2.45) is 5.92 Å². The fourth-order valence-corrected chi connectivity index (χ4v) is 4.05. The van der Waals surface area contributed by atoms with Crippen molar-refractivity contribution in [3.8, 4) is 0 Å². The average molecular weight is 393 g/mol. The topological polar surface area (TPSA) is 34.0 Å². The second-order valence-corrected chi connectivity index (χ2v) is 8.29. The summed E-state index contributed by atoms with van der Waals surface area (Å²) in [6.07, 6.45) is 4.10. The van der Waals surface area contributed by atoms with E-state index in [0.29, 0.717) is 22.0 Å². The summed E-state index contributed by atoms with van der Waals surface area (Å²) in [6.45, 7) is 5.96. The van der Waals surface area contributed by atoms with Gasteiger partial charge in [0, 0.05) is 24.3 Å². The summed E-state index contributed by atoms with van der Waals surface area (Å²) in [4.78, 5) is 12.3. The molecule has 1 aliphatic rings. The zero-order valence-electron chi connectivity index (χ0n) is 15.4. The van der Waals surface area contributed by atoms with Crippen LogP contribution >= 0.6 is 23.2 Å². The van der Waals surface area contributed by atoms with E-state index < -0.39 is 0 Å². The molecule has 1 atom stereocenters. The molecule has 0 amide bonds. The van der Waals surface area contributed by atoms with E-state index in [2.05, 4.69) is 19.2 Å². The zero-order chi connectivity index (χ0) is 18.7. The third kappa shape index (κ3) is 4.51. The number of benzene rings is 1. The van der Waals surface area contributed by atoms with E-state index in [9.17, 15) is 4.79 Å². The van der Waals surface area contributed by atoms with Crippen molar-refractivity contribution in [3.63, 3.8) is 0 Å². The normalized spacial score (nSPS) is 16.7. The smallest absolute Gasteiger partial charge is 0.250 e. The second kappa shape index (κ2) is 8.60. The molecule has 1 aromatic heterocycles. The molecule has 1 aromatic carbocycles. The van der Waals surface area contributed by atoms with Crippen molar-refractivity contribution in [2.45, 2.75) is 52.1 Å². The Bertz CT molecular complexity index is 829. The molecule has 0 radical (unpaired) electrons. The minimum Gasteiger partial charge on any atom is -0.312 e. The van der Waals surface area contributed by atoms with E-state index in [4.69, 9.17) is 23.2 Å². The number of pyridine rings is 1. The van der Waals surface area contributed by atoms with Crippen LogP contribution in [0.25, 0.3) is 0 Å². The Labute approximate surface area is 165 Å². The summed E-state index contributed by atoms with van der Waals surface area (Å²) < 4.78 is 1.98. The monoisotopic (exact) mass is 392 g/mol. The summed E-state index contributed by atoms with van der Waals surface area (Å²) in [5.74, 6) is 0.460. The average Bonchev–Trinajstić information content (AvgIpc) is 2.60. The Balaban J connectivity index is 1.71. The molecule has 1 heterocycles. The second-order valence-electron chi connectivity index (χ2n) is 7.48. The van der Waals surface area contributed by atoms with Crippen LogP contribution in [0.3, 0.4) is 0 Å². The lowest BCUT2D eigenvalue weighted by Gasteiger charge is -2.29. The third-order valence-corrected chi connectivity index (χ3v) is 5.69. The van der Waals surface area contributed by atoms with Gasteiger partial charge in [-0.1, -0.05) is 49.2 Å². The quantitative estimate of drug-likeness (QED) is 0.748. The largest absolute Gasteiger partial charge is 0.312 e. The van der Waals surface area contributed by atoms with Crippen LogP contribution in [0.4, 0.5) is 0 Å². The number of rotatable bonds is 6. The Morgan fingerprint density at radius 2 is 2.00 bits per heavy atom. The highest BCUT2D eigenvalue weighted by Crippen LogP contribution is 2.29.